The molecule has 7 rings (SSSR count). The van der Waals surface area contributed by atoms with Gasteiger partial charge in [-0.15, -0.1) is 11.3 Å². The van der Waals surface area contributed by atoms with Crippen molar-refractivity contribution in [2.24, 2.45) is 0 Å². The van der Waals surface area contributed by atoms with Crippen LogP contribution in [0.2, 0.25) is 0 Å². The van der Waals surface area contributed by atoms with Gasteiger partial charge in [-0.2, -0.15) is 0 Å². The highest BCUT2D eigenvalue weighted by Crippen LogP contribution is 2.45. The molecule has 0 N–H and O–H groups in total. The normalized spacial score (nSPS) is 12.0. The molecular formula is C33H24OS. The van der Waals surface area contributed by atoms with Crippen LogP contribution in [0.4, 0.5) is 0 Å². The molecule has 0 aliphatic carbocycles. The van der Waals surface area contributed by atoms with Gasteiger partial charge in [-0.25, -0.2) is 0 Å². The van der Waals surface area contributed by atoms with E-state index >= 15 is 0 Å². The van der Waals surface area contributed by atoms with Gasteiger partial charge in [-0.1, -0.05) is 105 Å². The molecule has 0 unspecified atom stereocenters. The molecule has 2 aromatic heterocycles. The Morgan fingerprint density at radius 1 is 0.543 bits per heavy atom. The van der Waals surface area contributed by atoms with Crippen molar-refractivity contribution in [1.82, 2.24) is 0 Å². The Morgan fingerprint density at radius 2 is 1.14 bits per heavy atom. The van der Waals surface area contributed by atoms with Crippen LogP contribution in [0.5, 0.6) is 0 Å². The molecule has 0 spiro atoms. The highest BCUT2D eigenvalue weighted by atomic mass is 32.1. The standard InChI is InChI=1S/C33H24OS/c1-20(2)31-23(26-15-8-14-25-21-10-3-5-18-29(21)34-32(25)26)12-7-13-24(31)28-17-9-16-27-22-11-4-6-19-30(22)35-33(27)28/h3-20H,1-2H3. The summed E-state index contributed by atoms with van der Waals surface area (Å²) in [4.78, 5) is 0. The van der Waals surface area contributed by atoms with Gasteiger partial charge in [0.05, 0.1) is 0 Å². The van der Waals surface area contributed by atoms with Gasteiger partial charge in [0.1, 0.15) is 11.2 Å². The summed E-state index contributed by atoms with van der Waals surface area (Å²) in [6.07, 6.45) is 0. The van der Waals surface area contributed by atoms with Crippen LogP contribution in [0, 0.1) is 0 Å². The van der Waals surface area contributed by atoms with Crippen molar-refractivity contribution in [3.63, 3.8) is 0 Å². The lowest BCUT2D eigenvalue weighted by molar-refractivity contribution is 0.670. The Kier molecular flexibility index (Phi) is 4.58. The number of thiophene rings is 1. The maximum absolute atomic E-state index is 6.43. The van der Waals surface area contributed by atoms with E-state index in [-0.39, 0.29) is 0 Å². The van der Waals surface area contributed by atoms with Crippen LogP contribution in [0.1, 0.15) is 25.3 Å². The molecule has 0 amide bonds. The highest BCUT2D eigenvalue weighted by Gasteiger charge is 2.20. The number of fused-ring (bicyclic) bond motifs is 6. The molecule has 2 heteroatoms. The molecule has 0 atom stereocenters. The fraction of sp³-hybridized carbons (Fsp3) is 0.0909. The quantitative estimate of drug-likeness (QED) is 0.251. The van der Waals surface area contributed by atoms with E-state index in [9.17, 15) is 0 Å². The van der Waals surface area contributed by atoms with Gasteiger partial charge in [0, 0.05) is 36.5 Å². The van der Waals surface area contributed by atoms with Crippen molar-refractivity contribution < 1.29 is 4.42 Å². The summed E-state index contributed by atoms with van der Waals surface area (Å²) in [6, 6.07) is 37.1. The van der Waals surface area contributed by atoms with E-state index in [1.807, 2.05) is 17.4 Å². The second-order valence-electron chi connectivity index (χ2n) is 9.48. The summed E-state index contributed by atoms with van der Waals surface area (Å²) < 4.78 is 9.12. The van der Waals surface area contributed by atoms with Crippen molar-refractivity contribution >= 4 is 53.4 Å². The summed E-state index contributed by atoms with van der Waals surface area (Å²) in [6.45, 7) is 4.60. The largest absolute Gasteiger partial charge is 0.455 e. The third-order valence-electron chi connectivity index (χ3n) is 7.07. The predicted octanol–water partition coefficient (Wildman–Crippen LogP) is 10.4. The minimum atomic E-state index is 0.352. The Bertz CT molecular complexity index is 1750. The van der Waals surface area contributed by atoms with Gasteiger partial charge in [-0.05, 0) is 40.3 Å². The fourth-order valence-electron chi connectivity index (χ4n) is 5.58. The zero-order valence-electron chi connectivity index (χ0n) is 19.7. The molecule has 5 aromatic carbocycles. The average Bonchev–Trinajstić information content (AvgIpc) is 3.46. The van der Waals surface area contributed by atoms with Gasteiger partial charge in [0.15, 0.2) is 0 Å². The van der Waals surface area contributed by atoms with E-state index in [4.69, 9.17) is 4.42 Å². The fourth-order valence-corrected chi connectivity index (χ4v) is 6.81. The van der Waals surface area contributed by atoms with Crippen molar-refractivity contribution in [2.45, 2.75) is 19.8 Å². The predicted molar refractivity (Wildman–Crippen MR) is 152 cm³/mol. The van der Waals surface area contributed by atoms with Crippen molar-refractivity contribution in [3.8, 4) is 22.3 Å². The lowest BCUT2D eigenvalue weighted by Gasteiger charge is -2.19. The number of hydrogen-bond donors (Lipinski definition) is 0. The molecule has 0 aliphatic heterocycles. The van der Waals surface area contributed by atoms with E-state index in [0.29, 0.717) is 5.92 Å². The number of benzene rings is 5. The molecule has 0 radical (unpaired) electrons. The maximum atomic E-state index is 6.43. The van der Waals surface area contributed by atoms with Gasteiger partial charge in [0.25, 0.3) is 0 Å². The summed E-state index contributed by atoms with van der Waals surface area (Å²) >= 11 is 1.89. The SMILES string of the molecule is CC(C)c1c(-c2cccc3c2oc2ccccc23)cccc1-c1cccc2c1sc1ccccc12. The van der Waals surface area contributed by atoms with Gasteiger partial charge >= 0.3 is 0 Å². The van der Waals surface area contributed by atoms with Crippen LogP contribution < -0.4 is 0 Å². The first-order valence-electron chi connectivity index (χ1n) is 12.1. The highest BCUT2D eigenvalue weighted by molar-refractivity contribution is 7.26. The van der Waals surface area contributed by atoms with E-state index in [0.717, 1.165) is 16.7 Å². The third kappa shape index (κ3) is 3.07. The first kappa shape index (κ1) is 20.5. The lowest BCUT2D eigenvalue weighted by Crippen LogP contribution is -1.97. The number of furan rings is 1. The first-order valence-corrected chi connectivity index (χ1v) is 13.0. The molecule has 168 valence electrons. The Morgan fingerprint density at radius 3 is 1.97 bits per heavy atom. The number of rotatable bonds is 3. The summed E-state index contributed by atoms with van der Waals surface area (Å²) in [5, 5.41) is 5.01. The molecule has 35 heavy (non-hydrogen) atoms. The van der Waals surface area contributed by atoms with E-state index < -0.39 is 0 Å². The smallest absolute Gasteiger partial charge is 0.143 e. The summed E-state index contributed by atoms with van der Waals surface area (Å²) in [5.74, 6) is 0.352. The van der Waals surface area contributed by atoms with Crippen LogP contribution in [0.3, 0.4) is 0 Å². The molecule has 0 fully saturated rings. The van der Waals surface area contributed by atoms with Crippen LogP contribution in [-0.2, 0) is 0 Å². The van der Waals surface area contributed by atoms with Crippen LogP contribution >= 0.6 is 11.3 Å². The number of hydrogen-bond acceptors (Lipinski definition) is 2. The molecule has 2 heterocycles. The zero-order chi connectivity index (χ0) is 23.5. The van der Waals surface area contributed by atoms with Crippen molar-refractivity contribution in [3.05, 3.63) is 109 Å². The average molecular weight is 469 g/mol. The second kappa shape index (κ2) is 7.83. The molecule has 0 bridgehead atoms. The van der Waals surface area contributed by atoms with Crippen LogP contribution in [0.15, 0.2) is 108 Å². The molecule has 0 saturated heterocycles. The maximum Gasteiger partial charge on any atom is 0.143 e. The zero-order valence-corrected chi connectivity index (χ0v) is 20.5. The van der Waals surface area contributed by atoms with Crippen LogP contribution in [-0.4, -0.2) is 0 Å². The molecule has 0 saturated carbocycles. The Labute approximate surface area is 208 Å². The minimum Gasteiger partial charge on any atom is -0.455 e. The number of para-hydroxylation sites is 2. The van der Waals surface area contributed by atoms with Crippen molar-refractivity contribution in [1.29, 1.82) is 0 Å². The Hall–Kier alpha value is -3.88. The monoisotopic (exact) mass is 468 g/mol. The lowest BCUT2D eigenvalue weighted by atomic mass is 9.85. The van der Waals surface area contributed by atoms with E-state index in [1.165, 1.54) is 53.2 Å². The minimum absolute atomic E-state index is 0.352. The Balaban J connectivity index is 1.54. The summed E-state index contributed by atoms with van der Waals surface area (Å²) in [7, 11) is 0. The summed E-state index contributed by atoms with van der Waals surface area (Å²) in [5.41, 5.74) is 8.30. The van der Waals surface area contributed by atoms with Gasteiger partial charge in [-0.3, -0.25) is 0 Å². The molecule has 7 aromatic rings. The van der Waals surface area contributed by atoms with E-state index in [2.05, 4.69) is 111 Å². The third-order valence-corrected chi connectivity index (χ3v) is 8.29. The second-order valence-corrected chi connectivity index (χ2v) is 10.5. The molecule has 0 aliphatic rings. The van der Waals surface area contributed by atoms with Gasteiger partial charge < -0.3 is 4.42 Å². The molecule has 1 nitrogen and oxygen atoms in total. The topological polar surface area (TPSA) is 13.1 Å². The first-order chi connectivity index (χ1) is 17.2. The molecular weight excluding hydrogens is 444 g/mol. The van der Waals surface area contributed by atoms with Crippen LogP contribution in [0.25, 0.3) is 64.4 Å². The van der Waals surface area contributed by atoms with E-state index in [1.54, 1.807) is 0 Å². The van der Waals surface area contributed by atoms with Crippen molar-refractivity contribution in [2.75, 3.05) is 0 Å². The van der Waals surface area contributed by atoms with Gasteiger partial charge in [0.2, 0.25) is 0 Å².